The zero-order chi connectivity index (χ0) is 12.2. The minimum absolute atomic E-state index is 0.0195. The Morgan fingerprint density at radius 3 is 2.88 bits per heavy atom. The van der Waals surface area contributed by atoms with Crippen molar-refractivity contribution in [1.29, 1.82) is 0 Å². The van der Waals surface area contributed by atoms with Gasteiger partial charge >= 0.3 is 0 Å². The van der Waals surface area contributed by atoms with Gasteiger partial charge in [0.15, 0.2) is 11.2 Å². The molecule has 0 radical (unpaired) electrons. The van der Waals surface area contributed by atoms with E-state index in [0.717, 1.165) is 0 Å². The van der Waals surface area contributed by atoms with Crippen LogP contribution in [0.25, 0.3) is 11.2 Å². The molecule has 0 fully saturated rings. The van der Waals surface area contributed by atoms with E-state index in [0.29, 0.717) is 17.1 Å². The minimum Gasteiger partial charge on any atom is -0.312 e. The van der Waals surface area contributed by atoms with Crippen LogP contribution in [0.4, 0.5) is 5.95 Å². The Balaban J connectivity index is 2.37. The van der Waals surface area contributed by atoms with Crippen molar-refractivity contribution >= 4 is 23.0 Å². The molecule has 0 spiro atoms. The normalized spacial score (nSPS) is 14.4. The molecule has 1 aliphatic rings. The molecule has 0 saturated carbocycles. The maximum atomic E-state index is 12.1. The Kier molecular flexibility index (Phi) is 1.86. The summed E-state index contributed by atoms with van der Waals surface area (Å²) in [4.78, 5) is 31.6. The minimum atomic E-state index is -0.275. The summed E-state index contributed by atoms with van der Waals surface area (Å²) < 4.78 is 3.12. The second-order valence-electron chi connectivity index (χ2n) is 4.29. The number of amides is 1. The monoisotopic (exact) mass is 233 g/mol. The van der Waals surface area contributed by atoms with Crippen molar-refractivity contribution in [2.75, 3.05) is 5.32 Å². The third-order valence-electron chi connectivity index (χ3n) is 2.79. The first-order valence-corrected chi connectivity index (χ1v) is 5.35. The van der Waals surface area contributed by atoms with Gasteiger partial charge in [0.2, 0.25) is 11.9 Å². The van der Waals surface area contributed by atoms with Crippen LogP contribution in [0.15, 0.2) is 11.1 Å². The molecule has 2 aromatic rings. The van der Waals surface area contributed by atoms with Gasteiger partial charge in [0.25, 0.3) is 5.56 Å². The number of fused-ring (bicyclic) bond motifs is 2. The molecule has 0 bridgehead atoms. The maximum absolute atomic E-state index is 12.1. The van der Waals surface area contributed by atoms with Gasteiger partial charge in [-0.05, 0) is 13.8 Å². The summed E-state index contributed by atoms with van der Waals surface area (Å²) in [5, 5.41) is 2.56. The molecule has 1 amide bonds. The number of anilines is 1. The second kappa shape index (κ2) is 3.16. The van der Waals surface area contributed by atoms with Crippen molar-refractivity contribution in [2.45, 2.75) is 26.4 Å². The molecule has 7 nitrogen and oxygen atoms in total. The Bertz CT molecular complexity index is 682. The zero-order valence-corrected chi connectivity index (χ0v) is 9.47. The fourth-order valence-corrected chi connectivity index (χ4v) is 1.93. The lowest BCUT2D eigenvalue weighted by Crippen LogP contribution is -2.20. The fraction of sp³-hybridized carbons (Fsp3) is 0.400. The van der Waals surface area contributed by atoms with Crippen LogP contribution in [0.2, 0.25) is 0 Å². The van der Waals surface area contributed by atoms with Gasteiger partial charge in [-0.3, -0.25) is 19.5 Å². The third kappa shape index (κ3) is 1.28. The molecular weight excluding hydrogens is 222 g/mol. The summed E-state index contributed by atoms with van der Waals surface area (Å²) in [6.07, 6.45) is 1.60. The Hall–Kier alpha value is -2.18. The van der Waals surface area contributed by atoms with Gasteiger partial charge in [-0.15, -0.1) is 0 Å². The molecule has 3 heterocycles. The molecule has 0 aromatic carbocycles. The average Bonchev–Trinajstić information content (AvgIpc) is 2.81. The van der Waals surface area contributed by atoms with Crippen LogP contribution in [0, 0.1) is 0 Å². The highest BCUT2D eigenvalue weighted by molar-refractivity contribution is 5.93. The highest BCUT2D eigenvalue weighted by atomic mass is 16.2. The highest BCUT2D eigenvalue weighted by Gasteiger charge is 2.23. The predicted molar refractivity (Wildman–Crippen MR) is 60.8 cm³/mol. The van der Waals surface area contributed by atoms with Gasteiger partial charge in [-0.2, -0.15) is 4.98 Å². The Morgan fingerprint density at radius 1 is 1.41 bits per heavy atom. The van der Waals surface area contributed by atoms with E-state index in [2.05, 4.69) is 15.3 Å². The molecule has 0 atom stereocenters. The summed E-state index contributed by atoms with van der Waals surface area (Å²) in [5.41, 5.74) is 0.542. The highest BCUT2D eigenvalue weighted by Crippen LogP contribution is 2.17. The van der Waals surface area contributed by atoms with Crippen molar-refractivity contribution in [3.05, 3.63) is 16.7 Å². The van der Waals surface area contributed by atoms with E-state index >= 15 is 0 Å². The zero-order valence-electron chi connectivity index (χ0n) is 9.47. The Morgan fingerprint density at radius 2 is 2.18 bits per heavy atom. The van der Waals surface area contributed by atoms with Crippen LogP contribution in [-0.2, 0) is 11.3 Å². The first-order valence-electron chi connectivity index (χ1n) is 5.35. The van der Waals surface area contributed by atoms with E-state index in [-0.39, 0.29) is 24.1 Å². The largest absolute Gasteiger partial charge is 0.312 e. The van der Waals surface area contributed by atoms with Crippen LogP contribution < -0.4 is 10.9 Å². The van der Waals surface area contributed by atoms with Crippen molar-refractivity contribution in [2.24, 2.45) is 0 Å². The van der Waals surface area contributed by atoms with Gasteiger partial charge in [0.05, 0.1) is 6.33 Å². The van der Waals surface area contributed by atoms with Crippen LogP contribution >= 0.6 is 0 Å². The van der Waals surface area contributed by atoms with E-state index in [1.54, 1.807) is 6.33 Å². The number of hydrogen-bond acceptors (Lipinski definition) is 4. The lowest BCUT2D eigenvalue weighted by Gasteiger charge is -2.07. The van der Waals surface area contributed by atoms with E-state index in [4.69, 9.17) is 0 Å². The molecule has 0 saturated heterocycles. The van der Waals surface area contributed by atoms with Gasteiger partial charge in [0.1, 0.15) is 6.54 Å². The van der Waals surface area contributed by atoms with E-state index in [1.807, 2.05) is 18.4 Å². The number of carbonyl (C=O) groups excluding carboxylic acids is 1. The SMILES string of the molecule is CC(C)n1cnc2c(=O)n3c(nc21)NC(=O)C3. The number of rotatable bonds is 1. The van der Waals surface area contributed by atoms with Crippen LogP contribution in [0.5, 0.6) is 0 Å². The summed E-state index contributed by atoms with van der Waals surface area (Å²) in [7, 11) is 0. The van der Waals surface area contributed by atoms with Crippen molar-refractivity contribution in [3.63, 3.8) is 0 Å². The lowest BCUT2D eigenvalue weighted by atomic mass is 10.4. The number of nitrogens with zero attached hydrogens (tertiary/aromatic N) is 4. The topological polar surface area (TPSA) is 81.8 Å². The fourth-order valence-electron chi connectivity index (χ4n) is 1.93. The van der Waals surface area contributed by atoms with E-state index in [1.165, 1.54) is 4.57 Å². The van der Waals surface area contributed by atoms with Crippen LogP contribution in [0.3, 0.4) is 0 Å². The number of aromatic nitrogens is 4. The van der Waals surface area contributed by atoms with Crippen LogP contribution in [-0.4, -0.2) is 25.0 Å². The Labute approximate surface area is 96.1 Å². The van der Waals surface area contributed by atoms with Crippen LogP contribution in [0.1, 0.15) is 19.9 Å². The first-order chi connectivity index (χ1) is 8.08. The standard InChI is InChI=1S/C10H11N5O2/c1-5(2)15-4-11-7-8(15)13-10-12-6(16)3-14(10)9(7)17/h4-5H,3H2,1-2H3,(H,12,13,16). The molecule has 7 heteroatoms. The maximum Gasteiger partial charge on any atom is 0.283 e. The average molecular weight is 233 g/mol. The van der Waals surface area contributed by atoms with E-state index in [9.17, 15) is 9.59 Å². The second-order valence-corrected chi connectivity index (χ2v) is 4.29. The number of hydrogen-bond donors (Lipinski definition) is 1. The summed E-state index contributed by atoms with van der Waals surface area (Å²) in [5.74, 6) is 0.0771. The van der Waals surface area contributed by atoms with Gasteiger partial charge in [0, 0.05) is 6.04 Å². The first kappa shape index (κ1) is 10.0. The number of nitrogens with one attached hydrogen (secondary N) is 1. The molecule has 17 heavy (non-hydrogen) atoms. The van der Waals surface area contributed by atoms with Crippen molar-refractivity contribution in [1.82, 2.24) is 19.1 Å². The smallest absolute Gasteiger partial charge is 0.283 e. The summed E-state index contributed by atoms with van der Waals surface area (Å²) in [6.45, 7) is 3.98. The molecule has 0 unspecified atom stereocenters. The van der Waals surface area contributed by atoms with Gasteiger partial charge in [-0.1, -0.05) is 0 Å². The van der Waals surface area contributed by atoms with Gasteiger partial charge < -0.3 is 4.57 Å². The molecule has 88 valence electrons. The van der Waals surface area contributed by atoms with Crippen molar-refractivity contribution < 1.29 is 4.79 Å². The number of carbonyl (C=O) groups is 1. The molecule has 1 aliphatic heterocycles. The summed E-state index contributed by atoms with van der Waals surface area (Å²) in [6, 6.07) is 0.159. The van der Waals surface area contributed by atoms with Gasteiger partial charge in [-0.25, -0.2) is 4.98 Å². The quantitative estimate of drug-likeness (QED) is 0.758. The molecule has 1 N–H and O–H groups in total. The summed E-state index contributed by atoms with van der Waals surface area (Å²) >= 11 is 0. The molecular formula is C10H11N5O2. The molecule has 0 aliphatic carbocycles. The number of imidazole rings is 1. The third-order valence-corrected chi connectivity index (χ3v) is 2.79. The predicted octanol–water partition coefficient (Wildman–Crippen LogP) is 0.126. The molecule has 3 rings (SSSR count). The lowest BCUT2D eigenvalue weighted by molar-refractivity contribution is -0.115. The van der Waals surface area contributed by atoms with E-state index < -0.39 is 0 Å². The van der Waals surface area contributed by atoms with Crippen molar-refractivity contribution in [3.8, 4) is 0 Å². The molecule has 2 aromatic heterocycles.